The molecule has 0 saturated carbocycles. The van der Waals surface area contributed by atoms with Gasteiger partial charge in [0.1, 0.15) is 23.4 Å². The molecule has 0 fully saturated rings. The van der Waals surface area contributed by atoms with Crippen molar-refractivity contribution in [3.05, 3.63) is 35.9 Å². The first kappa shape index (κ1) is 17.7. The van der Waals surface area contributed by atoms with E-state index in [4.69, 9.17) is 14.8 Å². The molecule has 0 radical (unpaired) electrons. The van der Waals surface area contributed by atoms with Crippen LogP contribution in [0.3, 0.4) is 0 Å². The average molecular weight is 323 g/mol. The van der Waals surface area contributed by atoms with Crippen LogP contribution in [0.1, 0.15) is 12.2 Å². The van der Waals surface area contributed by atoms with Crippen LogP contribution in [0.2, 0.25) is 0 Å². The van der Waals surface area contributed by atoms with E-state index in [1.807, 2.05) is 6.26 Å². The van der Waals surface area contributed by atoms with Gasteiger partial charge in [0, 0.05) is 6.20 Å². The quantitative estimate of drug-likeness (QED) is 0.460. The summed E-state index contributed by atoms with van der Waals surface area (Å²) in [5.74, 6) is -0.594. The predicted molar refractivity (Wildman–Crippen MR) is 81.8 cm³/mol. The van der Waals surface area contributed by atoms with Crippen molar-refractivity contribution in [2.24, 2.45) is 0 Å². The number of carbonyl (C=O) groups is 2. The molecule has 1 rings (SSSR count). The van der Waals surface area contributed by atoms with E-state index in [9.17, 15) is 9.59 Å². The SMILES string of the molecule is CSCCC(NC(=O)/C(C#N)=C\NCc1ccco1)C(=O)O. The first-order chi connectivity index (χ1) is 10.6. The molecule has 0 aliphatic carbocycles. The lowest BCUT2D eigenvalue weighted by molar-refractivity contribution is -0.141. The van der Waals surface area contributed by atoms with E-state index in [2.05, 4.69) is 10.6 Å². The molecular formula is C14H17N3O4S. The van der Waals surface area contributed by atoms with Crippen molar-refractivity contribution in [3.63, 3.8) is 0 Å². The minimum Gasteiger partial charge on any atom is -0.480 e. The second-order valence-corrected chi connectivity index (χ2v) is 5.26. The Hall–Kier alpha value is -2.40. The van der Waals surface area contributed by atoms with Crippen molar-refractivity contribution in [3.8, 4) is 6.07 Å². The number of furan rings is 1. The Labute approximate surface area is 132 Å². The summed E-state index contributed by atoms with van der Waals surface area (Å²) < 4.78 is 5.09. The number of amides is 1. The van der Waals surface area contributed by atoms with E-state index < -0.39 is 17.9 Å². The molecule has 0 aromatic carbocycles. The Kier molecular flexibility index (Phi) is 7.64. The predicted octanol–water partition coefficient (Wildman–Crippen LogP) is 1.10. The van der Waals surface area contributed by atoms with Crippen LogP contribution in [0.4, 0.5) is 0 Å². The van der Waals surface area contributed by atoms with E-state index >= 15 is 0 Å². The number of carbonyl (C=O) groups excluding carboxylic acids is 1. The number of carboxylic acid groups (broad SMARTS) is 1. The Morgan fingerprint density at radius 3 is 2.91 bits per heavy atom. The molecule has 1 aromatic heterocycles. The number of hydrogen-bond donors (Lipinski definition) is 3. The molecule has 118 valence electrons. The van der Waals surface area contributed by atoms with Gasteiger partial charge in [-0.1, -0.05) is 0 Å². The second-order valence-electron chi connectivity index (χ2n) is 4.28. The number of rotatable bonds is 9. The topological polar surface area (TPSA) is 115 Å². The molecule has 1 heterocycles. The molecule has 22 heavy (non-hydrogen) atoms. The lowest BCUT2D eigenvalue weighted by atomic mass is 10.2. The van der Waals surface area contributed by atoms with Gasteiger partial charge in [0.15, 0.2) is 0 Å². The van der Waals surface area contributed by atoms with E-state index in [1.165, 1.54) is 24.2 Å². The highest BCUT2D eigenvalue weighted by atomic mass is 32.2. The van der Waals surface area contributed by atoms with E-state index in [0.717, 1.165) is 0 Å². The molecule has 7 nitrogen and oxygen atoms in total. The van der Waals surface area contributed by atoms with Crippen LogP contribution in [0, 0.1) is 11.3 Å². The number of nitriles is 1. The van der Waals surface area contributed by atoms with Gasteiger partial charge in [-0.2, -0.15) is 17.0 Å². The van der Waals surface area contributed by atoms with E-state index in [-0.39, 0.29) is 5.57 Å². The summed E-state index contributed by atoms with van der Waals surface area (Å²) in [7, 11) is 0. The van der Waals surface area contributed by atoms with Gasteiger partial charge in [0.25, 0.3) is 5.91 Å². The summed E-state index contributed by atoms with van der Waals surface area (Å²) in [6.45, 7) is 0.320. The van der Waals surface area contributed by atoms with E-state index in [0.29, 0.717) is 24.5 Å². The summed E-state index contributed by atoms with van der Waals surface area (Å²) in [5, 5.41) is 23.2. The fourth-order valence-electron chi connectivity index (χ4n) is 1.54. The normalized spacial score (nSPS) is 12.3. The molecule has 8 heteroatoms. The minimum absolute atomic E-state index is 0.193. The maximum Gasteiger partial charge on any atom is 0.326 e. The smallest absolute Gasteiger partial charge is 0.326 e. The van der Waals surface area contributed by atoms with Crippen molar-refractivity contribution in [2.75, 3.05) is 12.0 Å². The van der Waals surface area contributed by atoms with Crippen LogP contribution >= 0.6 is 11.8 Å². The standard InChI is InChI=1S/C14H17N3O4S/c1-22-6-4-12(14(19)20)17-13(18)10(7-15)8-16-9-11-3-2-5-21-11/h2-3,5,8,12,16H,4,6,9H2,1H3,(H,17,18)(H,19,20)/b10-8-. The minimum atomic E-state index is -1.12. The molecule has 0 aliphatic rings. The zero-order valence-corrected chi connectivity index (χ0v) is 12.9. The molecular weight excluding hydrogens is 306 g/mol. The second kappa shape index (κ2) is 9.52. The number of carboxylic acids is 1. The van der Waals surface area contributed by atoms with Gasteiger partial charge in [0.05, 0.1) is 12.8 Å². The summed E-state index contributed by atoms with van der Waals surface area (Å²) >= 11 is 1.48. The molecule has 3 N–H and O–H groups in total. The molecule has 0 bridgehead atoms. The van der Waals surface area contributed by atoms with Gasteiger partial charge in [-0.25, -0.2) is 4.79 Å². The molecule has 0 aliphatic heterocycles. The highest BCUT2D eigenvalue weighted by Gasteiger charge is 2.21. The molecule has 0 spiro atoms. The lowest BCUT2D eigenvalue weighted by Crippen LogP contribution is -2.41. The third-order valence-corrected chi connectivity index (χ3v) is 3.33. The van der Waals surface area contributed by atoms with E-state index in [1.54, 1.807) is 18.2 Å². The van der Waals surface area contributed by atoms with Crippen molar-refractivity contribution in [2.45, 2.75) is 19.0 Å². The largest absolute Gasteiger partial charge is 0.480 e. The molecule has 1 amide bonds. The zero-order valence-electron chi connectivity index (χ0n) is 12.0. The van der Waals surface area contributed by atoms with Crippen LogP contribution in [0.25, 0.3) is 0 Å². The highest BCUT2D eigenvalue weighted by molar-refractivity contribution is 7.98. The molecule has 1 atom stereocenters. The van der Waals surface area contributed by atoms with Crippen molar-refractivity contribution in [1.82, 2.24) is 10.6 Å². The van der Waals surface area contributed by atoms with Crippen LogP contribution in [0.5, 0.6) is 0 Å². The van der Waals surface area contributed by atoms with Crippen molar-refractivity contribution in [1.29, 1.82) is 5.26 Å². The molecule has 1 unspecified atom stereocenters. The maximum absolute atomic E-state index is 11.9. The summed E-state index contributed by atoms with van der Waals surface area (Å²) in [4.78, 5) is 23.0. The number of thioether (sulfide) groups is 1. The molecule has 0 saturated heterocycles. The third kappa shape index (κ3) is 5.93. The Morgan fingerprint density at radius 1 is 1.59 bits per heavy atom. The third-order valence-electron chi connectivity index (χ3n) is 2.68. The average Bonchev–Trinajstić information content (AvgIpc) is 3.00. The fourth-order valence-corrected chi connectivity index (χ4v) is 2.02. The summed E-state index contributed by atoms with van der Waals surface area (Å²) in [5.41, 5.74) is -0.193. The monoisotopic (exact) mass is 323 g/mol. The Balaban J connectivity index is 2.58. The van der Waals surface area contributed by atoms with Gasteiger partial charge in [-0.15, -0.1) is 0 Å². The maximum atomic E-state index is 11.9. The Morgan fingerprint density at radius 2 is 2.36 bits per heavy atom. The Bertz CT molecular complexity index is 563. The summed E-state index contributed by atoms with van der Waals surface area (Å²) in [6.07, 6.45) is 4.90. The van der Waals surface area contributed by atoms with Gasteiger partial charge >= 0.3 is 5.97 Å². The zero-order chi connectivity index (χ0) is 16.4. The first-order valence-electron chi connectivity index (χ1n) is 6.47. The molecule has 1 aromatic rings. The van der Waals surface area contributed by atoms with Crippen LogP contribution in [0.15, 0.2) is 34.6 Å². The van der Waals surface area contributed by atoms with Crippen LogP contribution in [-0.2, 0) is 16.1 Å². The summed E-state index contributed by atoms with van der Waals surface area (Å²) in [6, 6.07) is 4.20. The number of aliphatic carboxylic acids is 1. The van der Waals surface area contributed by atoms with Gasteiger partial charge in [0.2, 0.25) is 0 Å². The fraction of sp³-hybridized carbons (Fsp3) is 0.357. The van der Waals surface area contributed by atoms with Gasteiger partial charge < -0.3 is 20.2 Å². The van der Waals surface area contributed by atoms with Crippen molar-refractivity contribution >= 4 is 23.6 Å². The van der Waals surface area contributed by atoms with Gasteiger partial charge in [-0.05, 0) is 30.6 Å². The van der Waals surface area contributed by atoms with Crippen LogP contribution in [-0.4, -0.2) is 35.0 Å². The number of nitrogens with one attached hydrogen (secondary N) is 2. The lowest BCUT2D eigenvalue weighted by Gasteiger charge is -2.13. The number of hydrogen-bond acceptors (Lipinski definition) is 6. The first-order valence-corrected chi connectivity index (χ1v) is 7.86. The number of nitrogens with zero attached hydrogens (tertiary/aromatic N) is 1. The van der Waals surface area contributed by atoms with Gasteiger partial charge in [-0.3, -0.25) is 4.79 Å². The highest BCUT2D eigenvalue weighted by Crippen LogP contribution is 2.03. The van der Waals surface area contributed by atoms with Crippen LogP contribution < -0.4 is 10.6 Å². The van der Waals surface area contributed by atoms with Crippen molar-refractivity contribution < 1.29 is 19.1 Å².